The van der Waals surface area contributed by atoms with Crippen molar-refractivity contribution < 1.29 is 19.1 Å². The number of carbonyl (C=O) groups is 3. The predicted octanol–water partition coefficient (Wildman–Crippen LogP) is 1.47. The molecule has 1 aliphatic rings. The molecule has 2 N–H and O–H groups in total. The summed E-state index contributed by atoms with van der Waals surface area (Å²) in [6.45, 7) is 6.46. The van der Waals surface area contributed by atoms with Gasteiger partial charge in [-0.3, -0.25) is 14.4 Å². The lowest BCUT2D eigenvalue weighted by Crippen LogP contribution is -2.60. The number of ether oxygens (including phenoxy) is 1. The summed E-state index contributed by atoms with van der Waals surface area (Å²) in [4.78, 5) is 38.4. The van der Waals surface area contributed by atoms with Crippen LogP contribution in [0.2, 0.25) is 0 Å². The van der Waals surface area contributed by atoms with Crippen molar-refractivity contribution in [3.8, 4) is 0 Å². The Morgan fingerprint density at radius 1 is 1.39 bits per heavy atom. The quantitative estimate of drug-likeness (QED) is 0.551. The van der Waals surface area contributed by atoms with E-state index in [0.29, 0.717) is 19.5 Å². The second kappa shape index (κ2) is 10.2. The van der Waals surface area contributed by atoms with Gasteiger partial charge in [0.2, 0.25) is 11.8 Å². The van der Waals surface area contributed by atoms with E-state index >= 15 is 0 Å². The van der Waals surface area contributed by atoms with Crippen LogP contribution in [0.15, 0.2) is 24.3 Å². The molecular formula is C20H27N3O4S. The topological polar surface area (TPSA) is 87.7 Å². The van der Waals surface area contributed by atoms with Gasteiger partial charge in [-0.05, 0) is 43.6 Å². The Kier molecular flexibility index (Phi) is 7.92. The molecule has 0 aromatic heterocycles. The summed E-state index contributed by atoms with van der Waals surface area (Å²) in [5.41, 5.74) is 1.93. The summed E-state index contributed by atoms with van der Waals surface area (Å²) < 4.78 is 5.28. The maximum Gasteiger partial charge on any atom is 0.308 e. The molecule has 2 amide bonds. The lowest BCUT2D eigenvalue weighted by atomic mass is 10.1. The third-order valence-electron chi connectivity index (χ3n) is 4.72. The van der Waals surface area contributed by atoms with E-state index in [-0.39, 0.29) is 35.9 Å². The summed E-state index contributed by atoms with van der Waals surface area (Å²) in [6, 6.07) is 6.82. The molecule has 2 atom stereocenters. The van der Waals surface area contributed by atoms with Crippen LogP contribution in [0.3, 0.4) is 0 Å². The molecular weight excluding hydrogens is 378 g/mol. The van der Waals surface area contributed by atoms with Crippen molar-refractivity contribution in [1.82, 2.24) is 15.5 Å². The largest absolute Gasteiger partial charge is 0.463 e. The highest BCUT2D eigenvalue weighted by atomic mass is 32.1. The maximum absolute atomic E-state index is 12.4. The van der Waals surface area contributed by atoms with Gasteiger partial charge in [0.1, 0.15) is 6.04 Å². The van der Waals surface area contributed by atoms with Crippen LogP contribution in [0.1, 0.15) is 37.8 Å². The fourth-order valence-electron chi connectivity index (χ4n) is 2.89. The molecule has 1 aromatic carbocycles. The van der Waals surface area contributed by atoms with Crippen LogP contribution >= 0.6 is 12.2 Å². The Balaban J connectivity index is 2.00. The van der Waals surface area contributed by atoms with Crippen LogP contribution in [0.25, 0.3) is 0 Å². The van der Waals surface area contributed by atoms with E-state index in [9.17, 15) is 14.4 Å². The highest BCUT2D eigenvalue weighted by Gasteiger charge is 2.34. The highest BCUT2D eigenvalue weighted by Crippen LogP contribution is 2.13. The van der Waals surface area contributed by atoms with Gasteiger partial charge in [0, 0.05) is 13.1 Å². The lowest BCUT2D eigenvalue weighted by Gasteiger charge is -2.36. The Morgan fingerprint density at radius 2 is 2.11 bits per heavy atom. The van der Waals surface area contributed by atoms with Crippen molar-refractivity contribution >= 4 is 35.1 Å². The Morgan fingerprint density at radius 3 is 2.79 bits per heavy atom. The number of rotatable bonds is 6. The van der Waals surface area contributed by atoms with Gasteiger partial charge in [-0.2, -0.15) is 0 Å². The smallest absolute Gasteiger partial charge is 0.308 e. The number of benzene rings is 1. The third kappa shape index (κ3) is 6.02. The standard InChI is InChI=1S/C20H27N3O4S/c1-4-14(3)27-18(25)12-16-19(26)21-9-10-23(16)20(28)22-17(24)11-15-8-6-5-7-13(15)2/h5-8,14,16H,4,9-12H2,1-3H3,(H,21,26)(H,22,24,28). The maximum atomic E-state index is 12.4. The summed E-state index contributed by atoms with van der Waals surface area (Å²) >= 11 is 5.35. The molecule has 28 heavy (non-hydrogen) atoms. The average molecular weight is 406 g/mol. The van der Waals surface area contributed by atoms with Gasteiger partial charge in [0.05, 0.1) is 18.9 Å². The number of nitrogens with one attached hydrogen (secondary N) is 2. The normalized spacial score (nSPS) is 17.5. The van der Waals surface area contributed by atoms with Crippen molar-refractivity contribution in [3.05, 3.63) is 35.4 Å². The molecule has 0 bridgehead atoms. The van der Waals surface area contributed by atoms with Gasteiger partial charge in [-0.1, -0.05) is 31.2 Å². The number of hydrogen-bond acceptors (Lipinski definition) is 5. The zero-order valence-corrected chi connectivity index (χ0v) is 17.3. The molecule has 1 heterocycles. The van der Waals surface area contributed by atoms with Crippen molar-refractivity contribution in [2.75, 3.05) is 13.1 Å². The molecule has 0 saturated carbocycles. The number of esters is 1. The van der Waals surface area contributed by atoms with E-state index in [1.165, 1.54) is 0 Å². The van der Waals surface area contributed by atoms with Crippen LogP contribution in [-0.4, -0.2) is 53.0 Å². The molecule has 7 nitrogen and oxygen atoms in total. The van der Waals surface area contributed by atoms with Crippen LogP contribution < -0.4 is 10.6 Å². The minimum Gasteiger partial charge on any atom is -0.463 e. The number of thiocarbonyl (C=S) groups is 1. The summed E-state index contributed by atoms with van der Waals surface area (Å²) in [5, 5.41) is 5.56. The average Bonchev–Trinajstić information content (AvgIpc) is 2.65. The van der Waals surface area contributed by atoms with Crippen LogP contribution in [-0.2, 0) is 25.5 Å². The summed E-state index contributed by atoms with van der Waals surface area (Å²) in [5.74, 6) is -1.02. The Labute approximate surface area is 170 Å². The lowest BCUT2D eigenvalue weighted by molar-refractivity contribution is -0.151. The fraction of sp³-hybridized carbons (Fsp3) is 0.500. The van der Waals surface area contributed by atoms with Gasteiger partial charge in [0.25, 0.3) is 0 Å². The van der Waals surface area contributed by atoms with E-state index in [1.807, 2.05) is 38.1 Å². The molecule has 0 aliphatic carbocycles. The van der Waals surface area contributed by atoms with Gasteiger partial charge < -0.3 is 20.3 Å². The van der Waals surface area contributed by atoms with Crippen molar-refractivity contribution in [1.29, 1.82) is 0 Å². The van der Waals surface area contributed by atoms with Gasteiger partial charge in [0.15, 0.2) is 5.11 Å². The minimum atomic E-state index is -0.795. The number of amides is 2. The van der Waals surface area contributed by atoms with Gasteiger partial charge in [-0.15, -0.1) is 0 Å². The molecule has 1 fully saturated rings. The monoisotopic (exact) mass is 405 g/mol. The molecule has 1 aromatic rings. The predicted molar refractivity (Wildman–Crippen MR) is 110 cm³/mol. The van der Waals surface area contributed by atoms with Gasteiger partial charge >= 0.3 is 5.97 Å². The van der Waals surface area contributed by atoms with E-state index < -0.39 is 12.0 Å². The summed E-state index contributed by atoms with van der Waals surface area (Å²) in [6.07, 6.45) is 0.547. The number of carbonyl (C=O) groups excluding carboxylic acids is 3. The number of hydrogen-bond donors (Lipinski definition) is 2. The first-order chi connectivity index (χ1) is 13.3. The number of nitrogens with zero attached hydrogens (tertiary/aromatic N) is 1. The Hall–Kier alpha value is -2.48. The molecule has 8 heteroatoms. The molecule has 2 unspecified atom stereocenters. The fourth-order valence-corrected chi connectivity index (χ4v) is 3.22. The van der Waals surface area contributed by atoms with Crippen LogP contribution in [0.5, 0.6) is 0 Å². The summed E-state index contributed by atoms with van der Waals surface area (Å²) in [7, 11) is 0. The molecule has 2 rings (SSSR count). The first kappa shape index (κ1) is 21.8. The molecule has 152 valence electrons. The van der Waals surface area contributed by atoms with Crippen molar-refractivity contribution in [2.45, 2.75) is 52.2 Å². The molecule has 1 aliphatic heterocycles. The van der Waals surface area contributed by atoms with Gasteiger partial charge in [-0.25, -0.2) is 0 Å². The third-order valence-corrected chi connectivity index (χ3v) is 5.05. The van der Waals surface area contributed by atoms with E-state index in [2.05, 4.69) is 10.6 Å². The minimum absolute atomic E-state index is 0.121. The molecule has 1 saturated heterocycles. The van der Waals surface area contributed by atoms with Crippen LogP contribution in [0.4, 0.5) is 0 Å². The van der Waals surface area contributed by atoms with Crippen molar-refractivity contribution in [3.63, 3.8) is 0 Å². The van der Waals surface area contributed by atoms with Crippen molar-refractivity contribution in [2.24, 2.45) is 0 Å². The zero-order valence-electron chi connectivity index (χ0n) is 16.5. The molecule has 0 spiro atoms. The number of aryl methyl sites for hydroxylation is 1. The van der Waals surface area contributed by atoms with E-state index in [4.69, 9.17) is 17.0 Å². The Bertz CT molecular complexity index is 753. The SMILES string of the molecule is CCC(C)OC(=O)CC1C(=O)NCCN1C(=S)NC(=O)Cc1ccccc1C. The second-order valence-electron chi connectivity index (χ2n) is 6.87. The second-order valence-corrected chi connectivity index (χ2v) is 7.26. The van der Waals surface area contributed by atoms with E-state index in [0.717, 1.165) is 11.1 Å². The molecule has 0 radical (unpaired) electrons. The number of piperazine rings is 1. The highest BCUT2D eigenvalue weighted by molar-refractivity contribution is 7.80. The zero-order chi connectivity index (χ0) is 20.7. The van der Waals surface area contributed by atoms with Crippen LogP contribution in [0, 0.1) is 6.92 Å². The first-order valence-corrected chi connectivity index (χ1v) is 9.84. The van der Waals surface area contributed by atoms with E-state index in [1.54, 1.807) is 11.8 Å². The first-order valence-electron chi connectivity index (χ1n) is 9.44.